The van der Waals surface area contributed by atoms with Gasteiger partial charge < -0.3 is 0 Å². The first kappa shape index (κ1) is 9.41. The van der Waals surface area contributed by atoms with Gasteiger partial charge in [-0.2, -0.15) is 0 Å². The van der Waals surface area contributed by atoms with E-state index in [9.17, 15) is 4.79 Å². The monoisotopic (exact) mass is 204 g/mol. The smallest absolute Gasteiger partial charge is 0.235 e. The van der Waals surface area contributed by atoms with Crippen molar-refractivity contribution in [3.05, 3.63) is 43.8 Å². The van der Waals surface area contributed by atoms with E-state index in [-0.39, 0.29) is 4.74 Å². The fraction of sp³-hybridized carbons (Fsp3) is 0.250. The van der Waals surface area contributed by atoms with Crippen molar-refractivity contribution in [2.45, 2.75) is 13.8 Å². The second kappa shape index (κ2) is 3.54. The quantitative estimate of drug-likeness (QED) is 0.634. The van der Waals surface area contributed by atoms with Gasteiger partial charge in [0.05, 0.1) is 0 Å². The van der Waals surface area contributed by atoms with Crippen molar-refractivity contribution >= 4 is 23.5 Å². The van der Waals surface area contributed by atoms with Gasteiger partial charge in [-0.1, -0.05) is 36.5 Å². The van der Waals surface area contributed by atoms with Crippen molar-refractivity contribution in [1.82, 2.24) is 0 Å². The minimum atomic E-state index is 0.163. The van der Waals surface area contributed by atoms with Crippen LogP contribution in [0.1, 0.15) is 22.9 Å². The van der Waals surface area contributed by atoms with E-state index in [0.29, 0.717) is 5.92 Å². The first-order valence-electron chi connectivity index (χ1n) is 4.68. The molecule has 0 fully saturated rings. The first-order valence-corrected chi connectivity index (χ1v) is 5.49. The molecule has 0 N–H and O–H groups in total. The topological polar surface area (TPSA) is 17.1 Å². The Bertz CT molecular complexity index is 466. The molecule has 0 bridgehead atoms. The van der Waals surface area contributed by atoms with E-state index in [1.165, 1.54) is 11.3 Å². The number of hydrogen-bond donors (Lipinski definition) is 0. The van der Waals surface area contributed by atoms with Gasteiger partial charge in [-0.3, -0.25) is 4.79 Å². The number of fused-ring (bicyclic) bond motifs is 1. The zero-order valence-corrected chi connectivity index (χ0v) is 9.10. The summed E-state index contributed by atoms with van der Waals surface area (Å²) >= 11 is 1.33. The van der Waals surface area contributed by atoms with Crippen LogP contribution in [0, 0.1) is 12.8 Å². The highest BCUT2D eigenvalue weighted by Gasteiger charge is 2.05. The molecule has 72 valence electrons. The van der Waals surface area contributed by atoms with Crippen LogP contribution < -0.4 is 4.74 Å². The fourth-order valence-corrected chi connectivity index (χ4v) is 2.23. The molecular weight excluding hydrogens is 192 g/mol. The second-order valence-electron chi connectivity index (χ2n) is 3.61. The van der Waals surface area contributed by atoms with Gasteiger partial charge in [0.25, 0.3) is 0 Å². The van der Waals surface area contributed by atoms with E-state index in [1.807, 2.05) is 19.1 Å². The molecule has 1 aliphatic carbocycles. The van der Waals surface area contributed by atoms with Crippen LogP contribution in [0.5, 0.6) is 0 Å². The number of hydrogen-bond acceptors (Lipinski definition) is 2. The van der Waals surface area contributed by atoms with E-state index in [4.69, 9.17) is 0 Å². The van der Waals surface area contributed by atoms with Gasteiger partial charge in [-0.15, -0.1) is 0 Å². The Hall–Kier alpha value is -1.15. The van der Waals surface area contributed by atoms with Gasteiger partial charge in [0.2, 0.25) is 4.74 Å². The van der Waals surface area contributed by atoms with Crippen LogP contribution in [0.3, 0.4) is 0 Å². The Kier molecular flexibility index (Phi) is 2.38. The largest absolute Gasteiger partial charge is 0.278 e. The highest BCUT2D eigenvalue weighted by atomic mass is 32.1. The second-order valence-corrected chi connectivity index (χ2v) is 4.63. The number of aryl methyl sites for hydroxylation is 1. The van der Waals surface area contributed by atoms with E-state index in [0.717, 1.165) is 16.0 Å². The Morgan fingerprint density at radius 1 is 1.29 bits per heavy atom. The summed E-state index contributed by atoms with van der Waals surface area (Å²) in [5.74, 6) is 0.449. The lowest BCUT2D eigenvalue weighted by Gasteiger charge is -1.98. The maximum absolute atomic E-state index is 11.4. The van der Waals surface area contributed by atoms with Gasteiger partial charge in [0.1, 0.15) is 0 Å². The predicted molar refractivity (Wildman–Crippen MR) is 62.6 cm³/mol. The molecule has 1 nitrogen and oxygen atoms in total. The van der Waals surface area contributed by atoms with Gasteiger partial charge >= 0.3 is 0 Å². The molecule has 2 rings (SSSR count). The summed E-state index contributed by atoms with van der Waals surface area (Å²) in [6.07, 6.45) is 8.42. The Labute approximate surface area is 87.4 Å². The normalized spacial score (nSPS) is 19.1. The third-order valence-corrected chi connectivity index (χ3v) is 3.41. The number of rotatable bonds is 0. The van der Waals surface area contributed by atoms with E-state index in [2.05, 4.69) is 25.2 Å². The predicted octanol–water partition coefficient (Wildman–Crippen LogP) is 3.09. The fourth-order valence-electron chi connectivity index (χ4n) is 1.42. The summed E-state index contributed by atoms with van der Waals surface area (Å²) < 4.78 is 0.163. The van der Waals surface area contributed by atoms with Gasteiger partial charge in [0.15, 0.2) is 0 Å². The molecule has 0 radical (unpaired) electrons. The van der Waals surface area contributed by atoms with Crippen molar-refractivity contribution in [2.75, 3.05) is 0 Å². The third-order valence-electron chi connectivity index (χ3n) is 2.31. The minimum Gasteiger partial charge on any atom is -0.278 e. The van der Waals surface area contributed by atoms with E-state index < -0.39 is 0 Å². The Morgan fingerprint density at radius 2 is 2.00 bits per heavy atom. The van der Waals surface area contributed by atoms with Crippen LogP contribution in [0.25, 0.3) is 12.2 Å². The van der Waals surface area contributed by atoms with Crippen molar-refractivity contribution in [1.29, 1.82) is 0 Å². The molecule has 0 saturated heterocycles. The standard InChI is InChI=1S/C12H12OS/c1-8-3-5-10-7-9(2)12(13)14-11(10)6-4-8/h3-8H,1-2H3. The summed E-state index contributed by atoms with van der Waals surface area (Å²) in [6.45, 7) is 4.00. The molecule has 0 amide bonds. The maximum Gasteiger partial charge on any atom is 0.235 e. The molecule has 14 heavy (non-hydrogen) atoms. The average Bonchev–Trinajstić information content (AvgIpc) is 2.31. The summed E-state index contributed by atoms with van der Waals surface area (Å²) in [6, 6.07) is 1.97. The van der Waals surface area contributed by atoms with E-state index >= 15 is 0 Å². The molecule has 0 aromatic carbocycles. The molecule has 1 aromatic rings. The Morgan fingerprint density at radius 3 is 2.79 bits per heavy atom. The lowest BCUT2D eigenvalue weighted by molar-refractivity contribution is 0.954. The van der Waals surface area contributed by atoms with Crippen molar-refractivity contribution in [3.63, 3.8) is 0 Å². The van der Waals surface area contributed by atoms with Crippen LogP contribution in [0.15, 0.2) is 23.0 Å². The molecule has 0 saturated carbocycles. The molecule has 1 aromatic heterocycles. The zero-order valence-electron chi connectivity index (χ0n) is 8.28. The molecule has 1 unspecified atom stereocenters. The van der Waals surface area contributed by atoms with Gasteiger partial charge in [0, 0.05) is 10.4 Å². The molecule has 0 spiro atoms. The van der Waals surface area contributed by atoms with E-state index in [1.54, 1.807) is 0 Å². The van der Waals surface area contributed by atoms with Crippen LogP contribution in [0.4, 0.5) is 0 Å². The minimum absolute atomic E-state index is 0.163. The highest BCUT2D eigenvalue weighted by Crippen LogP contribution is 2.21. The zero-order chi connectivity index (χ0) is 10.1. The third kappa shape index (κ3) is 1.70. The van der Waals surface area contributed by atoms with Crippen LogP contribution in [0.2, 0.25) is 0 Å². The first-order chi connectivity index (χ1) is 6.66. The molecule has 1 heterocycles. The average molecular weight is 204 g/mol. The van der Waals surface area contributed by atoms with Crippen molar-refractivity contribution in [2.24, 2.45) is 5.92 Å². The molecule has 0 aliphatic heterocycles. The summed E-state index contributed by atoms with van der Waals surface area (Å²) in [5, 5.41) is 0. The van der Waals surface area contributed by atoms with Crippen LogP contribution >= 0.6 is 11.3 Å². The summed E-state index contributed by atoms with van der Waals surface area (Å²) in [7, 11) is 0. The van der Waals surface area contributed by atoms with Gasteiger partial charge in [-0.25, -0.2) is 0 Å². The summed E-state index contributed by atoms with van der Waals surface area (Å²) in [5.41, 5.74) is 1.99. The van der Waals surface area contributed by atoms with Crippen molar-refractivity contribution < 1.29 is 0 Å². The lowest BCUT2D eigenvalue weighted by atomic mass is 10.1. The van der Waals surface area contributed by atoms with Crippen LogP contribution in [-0.2, 0) is 0 Å². The SMILES string of the molecule is Cc1cc2c(sc1=O)C=CC(C)C=C2. The van der Waals surface area contributed by atoms with Crippen molar-refractivity contribution in [3.8, 4) is 0 Å². The molecule has 2 heteroatoms. The molecular formula is C12H12OS. The Balaban J connectivity index is 2.64. The maximum atomic E-state index is 11.4. The summed E-state index contributed by atoms with van der Waals surface area (Å²) in [4.78, 5) is 12.5. The van der Waals surface area contributed by atoms with Crippen LogP contribution in [-0.4, -0.2) is 0 Å². The number of allylic oxidation sites excluding steroid dienone is 2. The molecule has 1 atom stereocenters. The molecule has 1 aliphatic rings. The van der Waals surface area contributed by atoms with Gasteiger partial charge in [-0.05, 0) is 30.5 Å². The highest BCUT2D eigenvalue weighted by molar-refractivity contribution is 7.10. The lowest BCUT2D eigenvalue weighted by Crippen LogP contribution is -1.99.